The van der Waals surface area contributed by atoms with Crippen LogP contribution in [0, 0.1) is 6.92 Å². The first-order valence-electron chi connectivity index (χ1n) is 8.04. The number of pyridine rings is 1. The van der Waals surface area contributed by atoms with Crippen molar-refractivity contribution in [3.05, 3.63) is 58.4 Å². The number of hydrogen-bond donors (Lipinski definition) is 3. The molecule has 0 aliphatic carbocycles. The van der Waals surface area contributed by atoms with Gasteiger partial charge in [-0.05, 0) is 36.8 Å². The van der Waals surface area contributed by atoms with Gasteiger partial charge in [0.2, 0.25) is 11.5 Å². The van der Waals surface area contributed by atoms with Gasteiger partial charge in [-0.1, -0.05) is 11.6 Å². The largest absolute Gasteiger partial charge is 0.399 e. The van der Waals surface area contributed by atoms with E-state index in [1.54, 1.807) is 25.1 Å². The molecular weight excluding hydrogens is 418 g/mol. The first-order chi connectivity index (χ1) is 13.8. The summed E-state index contributed by atoms with van der Waals surface area (Å²) in [4.78, 5) is 29.3. The topological polar surface area (TPSA) is 158 Å². The van der Waals surface area contributed by atoms with E-state index in [0.717, 1.165) is 0 Å². The first-order valence-corrected chi connectivity index (χ1v) is 9.11. The molecule has 29 heavy (non-hydrogen) atoms. The van der Waals surface area contributed by atoms with Crippen molar-refractivity contribution in [1.82, 2.24) is 14.8 Å². The summed E-state index contributed by atoms with van der Waals surface area (Å²) in [6.07, 6.45) is 1.49. The molecule has 10 nitrogen and oxygen atoms in total. The number of nitrogens with two attached hydrogens (primary N) is 2. The zero-order chi connectivity index (χ0) is 21.1. The van der Waals surface area contributed by atoms with E-state index in [0.29, 0.717) is 5.56 Å². The molecule has 0 saturated heterocycles. The molecule has 2 amide bonds. The number of aromatic nitrogens is 3. The maximum absolute atomic E-state index is 13.0. The molecule has 148 valence electrons. The van der Waals surface area contributed by atoms with Gasteiger partial charge in [-0.2, -0.15) is 4.21 Å². The average molecular weight is 432 g/mol. The fraction of sp³-hybridized carbons (Fsp3) is 0.0588. The summed E-state index contributed by atoms with van der Waals surface area (Å²) in [6, 6.07) is 7.45. The lowest BCUT2D eigenvalue weighted by Gasteiger charge is -2.13. The van der Waals surface area contributed by atoms with Crippen LogP contribution in [0.1, 0.15) is 26.4 Å². The standard InChI is InChI=1S/C17H14ClN7O3S/c1-8-5-9(19)6-10(16(26)24-29-28)14(8)22-17(27)12-7-13(20)23-25(12)15-11(18)3-2-4-21-15/h2-7H,19H2,1H3,(H2,20,23)(H,22,27). The van der Waals surface area contributed by atoms with E-state index in [1.807, 2.05) is 0 Å². The van der Waals surface area contributed by atoms with E-state index < -0.39 is 11.8 Å². The highest BCUT2D eigenvalue weighted by molar-refractivity contribution is 7.55. The number of halogens is 1. The van der Waals surface area contributed by atoms with Crippen LogP contribution < -0.4 is 16.8 Å². The Labute approximate surface area is 173 Å². The van der Waals surface area contributed by atoms with E-state index in [9.17, 15) is 13.8 Å². The smallest absolute Gasteiger partial charge is 0.292 e. The molecule has 2 heterocycles. The van der Waals surface area contributed by atoms with Crippen molar-refractivity contribution in [3.8, 4) is 5.82 Å². The summed E-state index contributed by atoms with van der Waals surface area (Å²) in [7, 11) is 0. The summed E-state index contributed by atoms with van der Waals surface area (Å²) < 4.78 is 15.1. The van der Waals surface area contributed by atoms with Crippen molar-refractivity contribution in [2.75, 3.05) is 16.8 Å². The Kier molecular flexibility index (Phi) is 5.71. The van der Waals surface area contributed by atoms with Gasteiger partial charge >= 0.3 is 0 Å². The molecule has 0 bridgehead atoms. The van der Waals surface area contributed by atoms with Crippen molar-refractivity contribution in [3.63, 3.8) is 0 Å². The van der Waals surface area contributed by atoms with Crippen LogP contribution in [0.25, 0.3) is 5.82 Å². The number of benzene rings is 1. The summed E-state index contributed by atoms with van der Waals surface area (Å²) in [6.45, 7) is 1.65. The van der Waals surface area contributed by atoms with Gasteiger partial charge in [0.15, 0.2) is 5.82 Å². The summed E-state index contributed by atoms with van der Waals surface area (Å²) in [5, 5.41) is 6.95. The van der Waals surface area contributed by atoms with Crippen molar-refractivity contribution >= 4 is 52.1 Å². The maximum atomic E-state index is 13.0. The van der Waals surface area contributed by atoms with E-state index in [2.05, 4.69) is 19.8 Å². The molecule has 12 heteroatoms. The van der Waals surface area contributed by atoms with Crippen LogP contribution in [-0.2, 0) is 11.5 Å². The third-order valence-electron chi connectivity index (χ3n) is 3.85. The van der Waals surface area contributed by atoms with Gasteiger partial charge in [-0.25, -0.2) is 9.67 Å². The fourth-order valence-corrected chi connectivity index (χ4v) is 3.03. The molecule has 0 fully saturated rings. The van der Waals surface area contributed by atoms with E-state index in [4.69, 9.17) is 23.1 Å². The summed E-state index contributed by atoms with van der Waals surface area (Å²) in [5.41, 5.74) is 12.5. The highest BCUT2D eigenvalue weighted by Gasteiger charge is 2.22. The monoisotopic (exact) mass is 431 g/mol. The summed E-state index contributed by atoms with van der Waals surface area (Å²) >= 11 is 5.91. The van der Waals surface area contributed by atoms with Crippen LogP contribution in [0.2, 0.25) is 5.02 Å². The second kappa shape index (κ2) is 8.20. The first kappa shape index (κ1) is 20.2. The van der Waals surface area contributed by atoms with E-state index in [1.165, 1.54) is 23.0 Å². The van der Waals surface area contributed by atoms with Crippen LogP contribution in [0.3, 0.4) is 0 Å². The van der Waals surface area contributed by atoms with Gasteiger partial charge in [0.05, 0.1) is 16.3 Å². The molecule has 2 aromatic heterocycles. The molecular formula is C17H14ClN7O3S. The lowest BCUT2D eigenvalue weighted by molar-refractivity contribution is 0.101. The molecule has 5 N–H and O–H groups in total. The van der Waals surface area contributed by atoms with Gasteiger partial charge in [0.1, 0.15) is 11.5 Å². The minimum atomic E-state index is -0.823. The highest BCUT2D eigenvalue weighted by atomic mass is 35.5. The van der Waals surface area contributed by atoms with Crippen LogP contribution in [0.15, 0.2) is 40.9 Å². The molecule has 0 unspecified atom stereocenters. The minimum Gasteiger partial charge on any atom is -0.399 e. The lowest BCUT2D eigenvalue weighted by atomic mass is 10.1. The average Bonchev–Trinajstić information content (AvgIpc) is 3.05. The third kappa shape index (κ3) is 4.15. The van der Waals surface area contributed by atoms with Gasteiger partial charge in [-0.15, -0.1) is 9.46 Å². The van der Waals surface area contributed by atoms with Crippen molar-refractivity contribution in [1.29, 1.82) is 0 Å². The van der Waals surface area contributed by atoms with Crippen molar-refractivity contribution in [2.24, 2.45) is 4.36 Å². The number of nitrogens with one attached hydrogen (secondary N) is 1. The Hall–Kier alpha value is -3.57. The maximum Gasteiger partial charge on any atom is 0.292 e. The third-order valence-corrected chi connectivity index (χ3v) is 4.38. The zero-order valence-electron chi connectivity index (χ0n) is 14.9. The molecule has 0 radical (unpaired) electrons. The normalized spacial score (nSPS) is 10.4. The van der Waals surface area contributed by atoms with Gasteiger partial charge < -0.3 is 16.8 Å². The van der Waals surface area contributed by atoms with E-state index in [-0.39, 0.29) is 50.8 Å². The molecule has 3 aromatic rings. The number of aryl methyl sites for hydroxylation is 1. The zero-order valence-corrected chi connectivity index (χ0v) is 16.5. The number of hydrogen-bond acceptors (Lipinski definition) is 7. The summed E-state index contributed by atoms with van der Waals surface area (Å²) in [5.74, 6) is -1.18. The number of anilines is 3. The number of nitrogen functional groups attached to an aromatic ring is 2. The van der Waals surface area contributed by atoms with Crippen LogP contribution in [0.4, 0.5) is 17.2 Å². The highest BCUT2D eigenvalue weighted by Crippen LogP contribution is 2.27. The van der Waals surface area contributed by atoms with E-state index >= 15 is 0 Å². The second-order valence-electron chi connectivity index (χ2n) is 5.86. The quantitative estimate of drug-likeness (QED) is 0.534. The van der Waals surface area contributed by atoms with Gasteiger partial charge in [0.25, 0.3) is 11.8 Å². The second-order valence-corrected chi connectivity index (χ2v) is 6.60. The Morgan fingerprint density at radius 3 is 2.72 bits per heavy atom. The fourth-order valence-electron chi connectivity index (χ4n) is 2.67. The molecule has 1 aromatic carbocycles. The SMILES string of the molecule is Cc1cc(N)cc(C(=O)N=S=O)c1NC(=O)c1cc(N)nn1-c1ncccc1Cl. The predicted octanol–water partition coefficient (Wildman–Crippen LogP) is 2.18. The Bertz CT molecular complexity index is 1190. The molecule has 0 atom stereocenters. The number of nitrogens with zero attached hydrogens (tertiary/aromatic N) is 4. The van der Waals surface area contributed by atoms with Gasteiger partial charge in [0, 0.05) is 18.0 Å². The number of carbonyl (C=O) groups is 2. The van der Waals surface area contributed by atoms with Gasteiger partial charge in [-0.3, -0.25) is 9.59 Å². The molecule has 0 spiro atoms. The Balaban J connectivity index is 2.06. The molecule has 0 saturated carbocycles. The number of amides is 2. The molecule has 3 rings (SSSR count). The number of rotatable bonds is 4. The van der Waals surface area contributed by atoms with Crippen LogP contribution >= 0.6 is 11.6 Å². The molecule has 0 aliphatic heterocycles. The lowest BCUT2D eigenvalue weighted by Crippen LogP contribution is -2.20. The predicted molar refractivity (Wildman–Crippen MR) is 109 cm³/mol. The van der Waals surface area contributed by atoms with Crippen molar-refractivity contribution in [2.45, 2.75) is 6.92 Å². The Morgan fingerprint density at radius 2 is 2.03 bits per heavy atom. The van der Waals surface area contributed by atoms with Crippen LogP contribution in [0.5, 0.6) is 0 Å². The van der Waals surface area contributed by atoms with Crippen LogP contribution in [-0.4, -0.2) is 30.8 Å². The number of carbonyl (C=O) groups excluding carboxylic acids is 2. The minimum absolute atomic E-state index is 0.0193. The Morgan fingerprint density at radius 1 is 1.28 bits per heavy atom. The molecule has 0 aliphatic rings. The van der Waals surface area contributed by atoms with Crippen molar-refractivity contribution < 1.29 is 13.8 Å².